The highest BCUT2D eigenvalue weighted by atomic mass is 16.6. The lowest BCUT2D eigenvalue weighted by molar-refractivity contribution is -0.384. The zero-order valence-corrected chi connectivity index (χ0v) is 16.8. The van der Waals surface area contributed by atoms with E-state index < -0.39 is 10.9 Å². The van der Waals surface area contributed by atoms with Gasteiger partial charge in [0.05, 0.1) is 16.5 Å². The van der Waals surface area contributed by atoms with Crippen LogP contribution >= 0.6 is 0 Å². The summed E-state index contributed by atoms with van der Waals surface area (Å²) in [6.07, 6.45) is 4.06. The average molecular weight is 394 g/mol. The van der Waals surface area contributed by atoms with Crippen LogP contribution in [0.4, 0.5) is 5.69 Å². The third kappa shape index (κ3) is 3.77. The molecule has 0 radical (unpaired) electrons. The van der Waals surface area contributed by atoms with Crippen molar-refractivity contribution in [1.29, 1.82) is 0 Å². The Morgan fingerprint density at radius 3 is 2.38 bits per heavy atom. The monoisotopic (exact) mass is 394 g/mol. The van der Waals surface area contributed by atoms with Crippen LogP contribution in [0.2, 0.25) is 0 Å². The Morgan fingerprint density at radius 2 is 1.72 bits per heavy atom. The van der Waals surface area contributed by atoms with E-state index in [1.165, 1.54) is 36.2 Å². The SMILES string of the molecule is CC1CCCC(C)N1[C@@H]1Cc2ccccc2[C@@H]1OC(=O)c1ccc([N+](=O)[O-])cc1. The number of likely N-dealkylation sites (tertiary alicyclic amines) is 1. The third-order valence-electron chi connectivity index (χ3n) is 6.33. The Labute approximate surface area is 170 Å². The van der Waals surface area contributed by atoms with Crippen molar-refractivity contribution in [3.63, 3.8) is 0 Å². The van der Waals surface area contributed by atoms with E-state index >= 15 is 0 Å². The highest BCUT2D eigenvalue weighted by molar-refractivity contribution is 5.89. The van der Waals surface area contributed by atoms with Crippen molar-refractivity contribution in [2.45, 2.75) is 63.8 Å². The minimum Gasteiger partial charge on any atom is -0.452 e. The number of nitro benzene ring substituents is 1. The first kappa shape index (κ1) is 19.6. The summed E-state index contributed by atoms with van der Waals surface area (Å²) in [7, 11) is 0. The van der Waals surface area contributed by atoms with Gasteiger partial charge in [-0.05, 0) is 56.4 Å². The van der Waals surface area contributed by atoms with Gasteiger partial charge in [0, 0.05) is 24.2 Å². The first-order chi connectivity index (χ1) is 14.0. The summed E-state index contributed by atoms with van der Waals surface area (Å²) in [6.45, 7) is 4.52. The molecule has 0 N–H and O–H groups in total. The molecular weight excluding hydrogens is 368 g/mol. The number of carbonyl (C=O) groups is 1. The predicted molar refractivity (Wildman–Crippen MR) is 110 cm³/mol. The number of fused-ring (bicyclic) bond motifs is 1. The normalized spacial score (nSPS) is 26.7. The molecule has 2 unspecified atom stereocenters. The van der Waals surface area contributed by atoms with Crippen LogP contribution in [0, 0.1) is 10.1 Å². The molecule has 0 spiro atoms. The van der Waals surface area contributed by atoms with Gasteiger partial charge >= 0.3 is 5.97 Å². The van der Waals surface area contributed by atoms with Gasteiger partial charge in [0.1, 0.15) is 6.10 Å². The Morgan fingerprint density at radius 1 is 1.07 bits per heavy atom. The van der Waals surface area contributed by atoms with Crippen LogP contribution in [0.25, 0.3) is 0 Å². The fourth-order valence-corrected chi connectivity index (χ4v) is 4.94. The van der Waals surface area contributed by atoms with Gasteiger partial charge in [-0.25, -0.2) is 4.79 Å². The van der Waals surface area contributed by atoms with E-state index in [2.05, 4.69) is 24.8 Å². The van der Waals surface area contributed by atoms with Crippen LogP contribution in [0.5, 0.6) is 0 Å². The molecule has 29 heavy (non-hydrogen) atoms. The summed E-state index contributed by atoms with van der Waals surface area (Å²) in [5.41, 5.74) is 2.58. The molecule has 2 aliphatic rings. The molecular formula is C23H26N2O4. The number of hydrogen-bond acceptors (Lipinski definition) is 5. The molecule has 0 aromatic heterocycles. The molecule has 2 aromatic carbocycles. The van der Waals surface area contributed by atoms with Gasteiger partial charge in [-0.3, -0.25) is 15.0 Å². The molecule has 152 valence electrons. The summed E-state index contributed by atoms with van der Waals surface area (Å²) >= 11 is 0. The molecule has 1 heterocycles. The van der Waals surface area contributed by atoms with Gasteiger partial charge in [-0.2, -0.15) is 0 Å². The van der Waals surface area contributed by atoms with Crippen molar-refractivity contribution in [2.75, 3.05) is 0 Å². The molecule has 1 aliphatic carbocycles. The van der Waals surface area contributed by atoms with Crippen molar-refractivity contribution in [2.24, 2.45) is 0 Å². The van der Waals surface area contributed by atoms with E-state index in [9.17, 15) is 14.9 Å². The van der Waals surface area contributed by atoms with Crippen molar-refractivity contribution >= 4 is 11.7 Å². The highest BCUT2D eigenvalue weighted by Gasteiger charge is 2.43. The molecule has 1 aliphatic heterocycles. The molecule has 4 atom stereocenters. The lowest BCUT2D eigenvalue weighted by Gasteiger charge is -2.44. The summed E-state index contributed by atoms with van der Waals surface area (Å²) in [5, 5.41) is 10.9. The molecule has 1 fully saturated rings. The van der Waals surface area contributed by atoms with Gasteiger partial charge in [0.2, 0.25) is 0 Å². The quantitative estimate of drug-likeness (QED) is 0.428. The van der Waals surface area contributed by atoms with Crippen LogP contribution in [0.3, 0.4) is 0 Å². The molecule has 2 aromatic rings. The van der Waals surface area contributed by atoms with Gasteiger partial charge in [0.25, 0.3) is 5.69 Å². The lowest BCUT2D eigenvalue weighted by atomic mass is 9.93. The van der Waals surface area contributed by atoms with Gasteiger partial charge in [0.15, 0.2) is 0 Å². The number of benzene rings is 2. The summed E-state index contributed by atoms with van der Waals surface area (Å²) in [4.78, 5) is 25.8. The van der Waals surface area contributed by atoms with Gasteiger partial charge < -0.3 is 4.74 Å². The zero-order chi connectivity index (χ0) is 20.5. The number of esters is 1. The van der Waals surface area contributed by atoms with Crippen LogP contribution in [0.1, 0.15) is 60.7 Å². The van der Waals surface area contributed by atoms with Crippen LogP contribution in [-0.2, 0) is 11.2 Å². The lowest BCUT2D eigenvalue weighted by Crippen LogP contribution is -2.52. The Balaban J connectivity index is 1.61. The fourth-order valence-electron chi connectivity index (χ4n) is 4.94. The van der Waals surface area contributed by atoms with Crippen molar-refractivity contribution < 1.29 is 14.5 Å². The molecule has 0 saturated carbocycles. The first-order valence-electron chi connectivity index (χ1n) is 10.3. The molecule has 6 heteroatoms. The van der Waals surface area contributed by atoms with Crippen molar-refractivity contribution in [1.82, 2.24) is 4.90 Å². The second kappa shape index (κ2) is 7.95. The number of non-ortho nitro benzene ring substituents is 1. The summed E-state index contributed by atoms with van der Waals surface area (Å²) in [6, 6.07) is 14.8. The zero-order valence-electron chi connectivity index (χ0n) is 16.8. The smallest absolute Gasteiger partial charge is 0.338 e. The number of rotatable bonds is 4. The Hall–Kier alpha value is -2.73. The first-order valence-corrected chi connectivity index (χ1v) is 10.3. The minimum atomic E-state index is -0.475. The minimum absolute atomic E-state index is 0.0402. The molecule has 6 nitrogen and oxygen atoms in total. The molecule has 4 rings (SSSR count). The number of nitrogens with zero attached hydrogens (tertiary/aromatic N) is 2. The predicted octanol–water partition coefficient (Wildman–Crippen LogP) is 4.68. The number of nitro groups is 1. The van der Waals surface area contributed by atoms with E-state index in [-0.39, 0.29) is 17.8 Å². The van der Waals surface area contributed by atoms with Gasteiger partial charge in [-0.1, -0.05) is 30.7 Å². The topological polar surface area (TPSA) is 72.7 Å². The van der Waals surface area contributed by atoms with E-state index in [1.54, 1.807) is 0 Å². The summed E-state index contributed by atoms with van der Waals surface area (Å²) < 4.78 is 6.04. The standard InChI is InChI=1S/C23H26N2O4/c1-15-6-5-7-16(2)24(15)21-14-18-8-3-4-9-20(18)22(21)29-23(26)17-10-12-19(13-11-17)25(27)28/h3-4,8-13,15-16,21-22H,5-7,14H2,1-2H3/t15?,16?,21-,22+/m1/s1. The fraction of sp³-hybridized carbons (Fsp3) is 0.435. The van der Waals surface area contributed by atoms with E-state index in [1.807, 2.05) is 18.2 Å². The van der Waals surface area contributed by atoms with Crippen LogP contribution < -0.4 is 0 Å². The largest absolute Gasteiger partial charge is 0.452 e. The Bertz CT molecular complexity index is 901. The average Bonchev–Trinajstić information content (AvgIpc) is 3.06. The number of carbonyl (C=O) groups excluding carboxylic acids is 1. The Kier molecular flexibility index (Phi) is 5.37. The van der Waals surface area contributed by atoms with Crippen molar-refractivity contribution in [3.8, 4) is 0 Å². The van der Waals surface area contributed by atoms with E-state index in [4.69, 9.17) is 4.74 Å². The van der Waals surface area contributed by atoms with Gasteiger partial charge in [-0.15, -0.1) is 0 Å². The number of ether oxygens (including phenoxy) is 1. The number of hydrogen-bond donors (Lipinski definition) is 0. The summed E-state index contributed by atoms with van der Waals surface area (Å²) in [5.74, 6) is -0.441. The van der Waals surface area contributed by atoms with E-state index in [0.29, 0.717) is 17.6 Å². The second-order valence-corrected chi connectivity index (χ2v) is 8.18. The molecule has 1 saturated heterocycles. The van der Waals surface area contributed by atoms with Crippen LogP contribution in [0.15, 0.2) is 48.5 Å². The maximum absolute atomic E-state index is 12.9. The van der Waals surface area contributed by atoms with E-state index in [0.717, 1.165) is 24.8 Å². The second-order valence-electron chi connectivity index (χ2n) is 8.18. The maximum Gasteiger partial charge on any atom is 0.338 e. The molecule has 0 amide bonds. The third-order valence-corrected chi connectivity index (χ3v) is 6.33. The maximum atomic E-state index is 12.9. The number of piperidine rings is 1. The van der Waals surface area contributed by atoms with Crippen LogP contribution in [-0.4, -0.2) is 33.9 Å². The molecule has 0 bridgehead atoms. The highest BCUT2D eigenvalue weighted by Crippen LogP contribution is 2.41. The van der Waals surface area contributed by atoms with Crippen molar-refractivity contribution in [3.05, 3.63) is 75.3 Å².